The van der Waals surface area contributed by atoms with Crippen LogP contribution in [0.4, 0.5) is 5.69 Å². The van der Waals surface area contributed by atoms with E-state index in [1.54, 1.807) is 31.4 Å². The summed E-state index contributed by atoms with van der Waals surface area (Å²) in [7, 11) is 1.74. The lowest BCUT2D eigenvalue weighted by atomic mass is 9.91. The number of hydrogen-bond acceptors (Lipinski definition) is 7. The summed E-state index contributed by atoms with van der Waals surface area (Å²) in [5, 5.41) is 11.8. The number of anilines is 1. The van der Waals surface area contributed by atoms with Crippen LogP contribution in [0.3, 0.4) is 0 Å². The Kier molecular flexibility index (Phi) is 7.13. The van der Waals surface area contributed by atoms with Gasteiger partial charge in [0.15, 0.2) is 6.29 Å². The molecule has 6 N–H and O–H groups in total. The summed E-state index contributed by atoms with van der Waals surface area (Å²) in [5.41, 5.74) is 15.4. The van der Waals surface area contributed by atoms with Crippen molar-refractivity contribution in [3.63, 3.8) is 0 Å². The summed E-state index contributed by atoms with van der Waals surface area (Å²) in [5.74, 6) is 0.452. The Hall–Kier alpha value is -3.97. The van der Waals surface area contributed by atoms with Crippen LogP contribution in [0.15, 0.2) is 84.2 Å². The average molecular weight is 415 g/mol. The van der Waals surface area contributed by atoms with E-state index in [-0.39, 0.29) is 11.4 Å². The lowest BCUT2D eigenvalue weighted by Gasteiger charge is -2.22. The Morgan fingerprint density at radius 2 is 1.94 bits per heavy atom. The number of nitrogens with one attached hydrogen (secondary N) is 2. The molecule has 0 amide bonds. The summed E-state index contributed by atoms with van der Waals surface area (Å²) in [6.45, 7) is 0.342. The standard InChI is InChI=1S/C24H25N5O2/c1-28-24(22(20(26)14-30)23(27)17-7-3-2-4-8-17)18-10-11-21(29-13-18)31-15-16-6-5-9-19(25)12-16/h2-14,24,27-28H,15,25-26H2,1H3/b22-20+,27-23?. The van der Waals surface area contributed by atoms with Crippen molar-refractivity contribution in [3.8, 4) is 5.88 Å². The van der Waals surface area contributed by atoms with Gasteiger partial charge in [0.05, 0.1) is 17.5 Å². The number of rotatable bonds is 9. The molecule has 2 aromatic carbocycles. The van der Waals surface area contributed by atoms with Gasteiger partial charge < -0.3 is 21.5 Å². The van der Waals surface area contributed by atoms with Crippen molar-refractivity contribution in [2.24, 2.45) is 5.73 Å². The van der Waals surface area contributed by atoms with Gasteiger partial charge in [0.25, 0.3) is 0 Å². The number of nitrogens with zero attached hydrogens (tertiary/aromatic N) is 1. The number of aldehydes is 1. The fourth-order valence-corrected chi connectivity index (χ4v) is 3.24. The molecule has 7 nitrogen and oxygen atoms in total. The molecule has 0 radical (unpaired) electrons. The fourth-order valence-electron chi connectivity index (χ4n) is 3.24. The van der Waals surface area contributed by atoms with E-state index in [4.69, 9.17) is 21.6 Å². The molecule has 0 spiro atoms. The van der Waals surface area contributed by atoms with E-state index in [0.717, 1.165) is 11.1 Å². The molecule has 0 aliphatic rings. The van der Waals surface area contributed by atoms with Crippen molar-refractivity contribution in [1.29, 1.82) is 5.41 Å². The lowest BCUT2D eigenvalue weighted by Crippen LogP contribution is -2.27. The molecule has 158 valence electrons. The molecule has 1 atom stereocenters. The number of pyridine rings is 1. The van der Waals surface area contributed by atoms with Crippen molar-refractivity contribution in [2.45, 2.75) is 12.6 Å². The smallest absolute Gasteiger partial charge is 0.213 e. The fraction of sp³-hybridized carbons (Fsp3) is 0.125. The van der Waals surface area contributed by atoms with Crippen LogP contribution in [-0.4, -0.2) is 24.0 Å². The van der Waals surface area contributed by atoms with Crippen molar-refractivity contribution in [1.82, 2.24) is 10.3 Å². The first-order chi connectivity index (χ1) is 15.0. The number of hydrogen-bond donors (Lipinski definition) is 4. The minimum absolute atomic E-state index is 0.00445. The van der Waals surface area contributed by atoms with Gasteiger partial charge >= 0.3 is 0 Å². The number of aromatic nitrogens is 1. The molecule has 7 heteroatoms. The quantitative estimate of drug-likeness (QED) is 0.184. The monoisotopic (exact) mass is 415 g/mol. The third-order valence-electron chi connectivity index (χ3n) is 4.78. The van der Waals surface area contributed by atoms with Crippen molar-refractivity contribution in [3.05, 3.63) is 101 Å². The number of carbonyl (C=O) groups is 1. The summed E-state index contributed by atoms with van der Waals surface area (Å²) in [6.07, 6.45) is 2.21. The van der Waals surface area contributed by atoms with Gasteiger partial charge in [-0.3, -0.25) is 10.2 Å². The van der Waals surface area contributed by atoms with Gasteiger partial charge in [-0.25, -0.2) is 4.98 Å². The van der Waals surface area contributed by atoms with Gasteiger partial charge in [0, 0.05) is 23.5 Å². The van der Waals surface area contributed by atoms with E-state index in [9.17, 15) is 4.79 Å². The molecule has 1 heterocycles. The molecule has 0 fully saturated rings. The zero-order valence-electron chi connectivity index (χ0n) is 17.2. The number of allylic oxidation sites excluding steroid dienone is 1. The van der Waals surface area contributed by atoms with Crippen LogP contribution >= 0.6 is 0 Å². The van der Waals surface area contributed by atoms with E-state index < -0.39 is 6.04 Å². The van der Waals surface area contributed by atoms with E-state index in [1.165, 1.54) is 0 Å². The molecule has 0 bridgehead atoms. The van der Waals surface area contributed by atoms with Gasteiger partial charge in [0.2, 0.25) is 5.88 Å². The minimum atomic E-state index is -0.492. The van der Waals surface area contributed by atoms with Crippen LogP contribution in [0.1, 0.15) is 22.7 Å². The van der Waals surface area contributed by atoms with Crippen LogP contribution in [-0.2, 0) is 11.4 Å². The second kappa shape index (κ2) is 10.2. The van der Waals surface area contributed by atoms with Crippen LogP contribution in [0.25, 0.3) is 0 Å². The number of benzene rings is 2. The Balaban J connectivity index is 1.82. The molecule has 31 heavy (non-hydrogen) atoms. The maximum Gasteiger partial charge on any atom is 0.213 e. The molecular formula is C24H25N5O2. The van der Waals surface area contributed by atoms with Crippen LogP contribution in [0.5, 0.6) is 5.88 Å². The zero-order chi connectivity index (χ0) is 22.2. The van der Waals surface area contributed by atoms with E-state index in [1.807, 2.05) is 48.5 Å². The Bertz CT molecular complexity index is 1080. The van der Waals surface area contributed by atoms with Crippen LogP contribution < -0.4 is 21.5 Å². The average Bonchev–Trinajstić information content (AvgIpc) is 2.81. The SMILES string of the molecule is CNC(/C(C(=N)c1ccccc1)=C(/N)C=O)c1ccc(OCc2cccc(N)c2)nc1. The molecule has 3 aromatic rings. The second-order valence-electron chi connectivity index (χ2n) is 6.91. The van der Waals surface area contributed by atoms with E-state index in [2.05, 4.69) is 10.3 Å². The number of ether oxygens (including phenoxy) is 1. The van der Waals surface area contributed by atoms with Crippen LogP contribution in [0.2, 0.25) is 0 Å². The molecule has 0 saturated heterocycles. The number of carbonyl (C=O) groups excluding carboxylic acids is 1. The highest BCUT2D eigenvalue weighted by molar-refractivity contribution is 6.13. The van der Waals surface area contributed by atoms with Crippen molar-refractivity contribution in [2.75, 3.05) is 12.8 Å². The van der Waals surface area contributed by atoms with Gasteiger partial charge in [-0.2, -0.15) is 0 Å². The largest absolute Gasteiger partial charge is 0.473 e. The molecule has 1 unspecified atom stereocenters. The first-order valence-electron chi connectivity index (χ1n) is 9.73. The number of likely N-dealkylation sites (N-methyl/N-ethyl adjacent to an activating group) is 1. The lowest BCUT2D eigenvalue weighted by molar-refractivity contribution is -0.105. The molecular weight excluding hydrogens is 390 g/mol. The highest BCUT2D eigenvalue weighted by atomic mass is 16.5. The van der Waals surface area contributed by atoms with Crippen molar-refractivity contribution >= 4 is 17.7 Å². The number of nitrogens with two attached hydrogens (primary N) is 2. The molecule has 0 aliphatic carbocycles. The van der Waals surface area contributed by atoms with Crippen LogP contribution in [0, 0.1) is 5.41 Å². The van der Waals surface area contributed by atoms with Gasteiger partial charge in [-0.1, -0.05) is 48.5 Å². The summed E-state index contributed by atoms with van der Waals surface area (Å²) in [4.78, 5) is 15.8. The van der Waals surface area contributed by atoms with Gasteiger partial charge in [0.1, 0.15) is 6.61 Å². The molecule has 0 saturated carbocycles. The number of nitrogen functional groups attached to an aromatic ring is 1. The van der Waals surface area contributed by atoms with Crippen molar-refractivity contribution < 1.29 is 9.53 Å². The molecule has 1 aromatic heterocycles. The normalized spacial score (nSPS) is 12.5. The highest BCUT2D eigenvalue weighted by Gasteiger charge is 2.23. The summed E-state index contributed by atoms with van der Waals surface area (Å²) >= 11 is 0. The third kappa shape index (κ3) is 5.34. The molecule has 0 aliphatic heterocycles. The topological polar surface area (TPSA) is 127 Å². The maximum absolute atomic E-state index is 11.5. The highest BCUT2D eigenvalue weighted by Crippen LogP contribution is 2.26. The van der Waals surface area contributed by atoms with Gasteiger partial charge in [-0.15, -0.1) is 0 Å². The first kappa shape index (κ1) is 21.7. The van der Waals surface area contributed by atoms with Gasteiger partial charge in [-0.05, 0) is 35.9 Å². The predicted octanol–water partition coefficient (Wildman–Crippen LogP) is 2.98. The summed E-state index contributed by atoms with van der Waals surface area (Å²) < 4.78 is 5.74. The molecule has 3 rings (SSSR count). The zero-order valence-corrected chi connectivity index (χ0v) is 17.2. The second-order valence-corrected chi connectivity index (χ2v) is 6.91. The first-order valence-corrected chi connectivity index (χ1v) is 9.73. The summed E-state index contributed by atoms with van der Waals surface area (Å²) in [6, 6.07) is 19.7. The van der Waals surface area contributed by atoms with E-state index >= 15 is 0 Å². The predicted molar refractivity (Wildman–Crippen MR) is 122 cm³/mol. The Labute approximate surface area is 181 Å². The Morgan fingerprint density at radius 3 is 2.55 bits per heavy atom. The Morgan fingerprint density at radius 1 is 1.16 bits per heavy atom. The third-order valence-corrected chi connectivity index (χ3v) is 4.78. The van der Waals surface area contributed by atoms with E-state index in [0.29, 0.717) is 35.6 Å². The maximum atomic E-state index is 11.5. The minimum Gasteiger partial charge on any atom is -0.473 e.